The minimum atomic E-state index is 0.399. The van der Waals surface area contributed by atoms with Crippen molar-refractivity contribution < 1.29 is 4.79 Å². The number of hydrogen-bond acceptors (Lipinski definition) is 2. The Morgan fingerprint density at radius 3 is 2.19 bits per heavy atom. The minimum Gasteiger partial charge on any atom is -0.342 e. The maximum Gasteiger partial charge on any atom is 0.225 e. The molecule has 4 unspecified atom stereocenters. The molecule has 2 aliphatic heterocycles. The molecule has 2 heterocycles. The van der Waals surface area contributed by atoms with Crippen molar-refractivity contribution in [1.29, 1.82) is 0 Å². The van der Waals surface area contributed by atoms with Crippen molar-refractivity contribution in [2.45, 2.75) is 19.3 Å². The van der Waals surface area contributed by atoms with Crippen LogP contribution in [0.3, 0.4) is 0 Å². The van der Waals surface area contributed by atoms with Crippen LogP contribution in [-0.2, 0) is 4.79 Å². The number of hydrogen-bond donors (Lipinski definition) is 1. The molecule has 16 heavy (non-hydrogen) atoms. The zero-order chi connectivity index (χ0) is 10.7. The van der Waals surface area contributed by atoms with Gasteiger partial charge in [0.05, 0.1) is 0 Å². The first kappa shape index (κ1) is 9.46. The number of nitrogens with one attached hydrogen (secondary N) is 1. The molecule has 0 bridgehead atoms. The number of nitrogens with zero attached hydrogens (tertiary/aromatic N) is 1. The van der Waals surface area contributed by atoms with Crippen molar-refractivity contribution in [2.75, 3.05) is 26.2 Å². The SMILES string of the molecule is O=C(C1CC2CC2C1)N1CC2CNCC2C1. The molecule has 2 saturated carbocycles. The van der Waals surface area contributed by atoms with E-state index in [1.807, 2.05) is 0 Å². The van der Waals surface area contributed by atoms with Crippen LogP contribution in [0.1, 0.15) is 19.3 Å². The summed E-state index contributed by atoms with van der Waals surface area (Å²) in [4.78, 5) is 14.5. The highest BCUT2D eigenvalue weighted by molar-refractivity contribution is 5.79. The molecule has 1 amide bonds. The summed E-state index contributed by atoms with van der Waals surface area (Å²) >= 11 is 0. The lowest BCUT2D eigenvalue weighted by molar-refractivity contribution is -0.134. The van der Waals surface area contributed by atoms with Gasteiger partial charge in [0, 0.05) is 32.1 Å². The molecular weight excluding hydrogens is 200 g/mol. The molecule has 4 fully saturated rings. The lowest BCUT2D eigenvalue weighted by atomic mass is 10.0. The van der Waals surface area contributed by atoms with Gasteiger partial charge >= 0.3 is 0 Å². The molecule has 0 aromatic heterocycles. The van der Waals surface area contributed by atoms with Gasteiger partial charge in [0.15, 0.2) is 0 Å². The monoisotopic (exact) mass is 220 g/mol. The number of fused-ring (bicyclic) bond motifs is 2. The van der Waals surface area contributed by atoms with E-state index in [-0.39, 0.29) is 0 Å². The van der Waals surface area contributed by atoms with Crippen molar-refractivity contribution in [2.24, 2.45) is 29.6 Å². The molecule has 4 aliphatic rings. The van der Waals surface area contributed by atoms with Crippen molar-refractivity contribution in [1.82, 2.24) is 10.2 Å². The third-order valence-corrected chi connectivity index (χ3v) is 5.29. The summed E-state index contributed by atoms with van der Waals surface area (Å²) in [6, 6.07) is 0. The maximum atomic E-state index is 12.4. The number of carbonyl (C=O) groups is 1. The van der Waals surface area contributed by atoms with Crippen LogP contribution in [0.25, 0.3) is 0 Å². The lowest BCUT2D eigenvalue weighted by Gasteiger charge is -2.22. The first-order valence-corrected chi connectivity index (χ1v) is 6.81. The molecule has 2 aliphatic carbocycles. The summed E-state index contributed by atoms with van der Waals surface area (Å²) in [5, 5.41) is 3.43. The maximum absolute atomic E-state index is 12.4. The van der Waals surface area contributed by atoms with Crippen LogP contribution in [0, 0.1) is 29.6 Å². The summed E-state index contributed by atoms with van der Waals surface area (Å²) in [5.74, 6) is 4.24. The summed E-state index contributed by atoms with van der Waals surface area (Å²) in [7, 11) is 0. The van der Waals surface area contributed by atoms with Gasteiger partial charge in [0.25, 0.3) is 0 Å². The number of likely N-dealkylation sites (tertiary alicyclic amines) is 1. The standard InChI is InChI=1S/C13H20N2O/c16-13(10-2-8-1-9(8)3-10)15-6-11-4-14-5-12(11)7-15/h8-12,14H,1-7H2. The number of carbonyl (C=O) groups excluding carboxylic acids is 1. The highest BCUT2D eigenvalue weighted by Crippen LogP contribution is 2.54. The molecule has 1 N–H and O–H groups in total. The number of rotatable bonds is 1. The fourth-order valence-electron chi connectivity index (χ4n) is 4.21. The lowest BCUT2D eigenvalue weighted by Crippen LogP contribution is -2.36. The molecule has 88 valence electrons. The average Bonchev–Trinajstić information content (AvgIpc) is 2.73. The van der Waals surface area contributed by atoms with Crippen LogP contribution in [-0.4, -0.2) is 37.0 Å². The molecule has 0 radical (unpaired) electrons. The van der Waals surface area contributed by atoms with Gasteiger partial charge in [0.2, 0.25) is 5.91 Å². The van der Waals surface area contributed by atoms with Crippen LogP contribution in [0.15, 0.2) is 0 Å². The second-order valence-corrected chi connectivity index (χ2v) is 6.35. The van der Waals surface area contributed by atoms with Crippen LogP contribution in [0.4, 0.5) is 0 Å². The minimum absolute atomic E-state index is 0.399. The summed E-state index contributed by atoms with van der Waals surface area (Å²) in [5.41, 5.74) is 0. The van der Waals surface area contributed by atoms with E-state index in [2.05, 4.69) is 10.2 Å². The van der Waals surface area contributed by atoms with Gasteiger partial charge in [-0.25, -0.2) is 0 Å². The molecule has 2 saturated heterocycles. The zero-order valence-corrected chi connectivity index (χ0v) is 9.69. The first-order chi connectivity index (χ1) is 7.81. The van der Waals surface area contributed by atoms with Crippen LogP contribution >= 0.6 is 0 Å². The second-order valence-electron chi connectivity index (χ2n) is 6.35. The smallest absolute Gasteiger partial charge is 0.225 e. The molecule has 4 rings (SSSR count). The van der Waals surface area contributed by atoms with E-state index in [9.17, 15) is 4.79 Å². The predicted octanol–water partition coefficient (Wildman–Crippen LogP) is 0.710. The summed E-state index contributed by atoms with van der Waals surface area (Å²) in [6.07, 6.45) is 3.82. The average molecular weight is 220 g/mol. The Hall–Kier alpha value is -0.570. The molecule has 3 heteroatoms. The Kier molecular flexibility index (Phi) is 1.90. The predicted molar refractivity (Wildman–Crippen MR) is 60.8 cm³/mol. The third-order valence-electron chi connectivity index (χ3n) is 5.29. The summed E-state index contributed by atoms with van der Waals surface area (Å²) in [6.45, 7) is 4.32. The van der Waals surface area contributed by atoms with Gasteiger partial charge in [-0.15, -0.1) is 0 Å². The Morgan fingerprint density at radius 2 is 1.56 bits per heavy atom. The van der Waals surface area contributed by atoms with E-state index in [1.54, 1.807) is 0 Å². The van der Waals surface area contributed by atoms with E-state index >= 15 is 0 Å². The molecule has 3 nitrogen and oxygen atoms in total. The third kappa shape index (κ3) is 1.33. The Morgan fingerprint density at radius 1 is 0.938 bits per heavy atom. The quantitative estimate of drug-likeness (QED) is 0.706. The zero-order valence-electron chi connectivity index (χ0n) is 9.69. The van der Waals surface area contributed by atoms with E-state index in [1.165, 1.54) is 19.3 Å². The highest BCUT2D eigenvalue weighted by atomic mass is 16.2. The molecule has 0 aromatic rings. The molecule has 0 aromatic carbocycles. The summed E-state index contributed by atoms with van der Waals surface area (Å²) < 4.78 is 0. The van der Waals surface area contributed by atoms with Crippen molar-refractivity contribution >= 4 is 5.91 Å². The van der Waals surface area contributed by atoms with Crippen LogP contribution < -0.4 is 5.32 Å². The fraction of sp³-hybridized carbons (Fsp3) is 0.923. The first-order valence-electron chi connectivity index (χ1n) is 6.81. The van der Waals surface area contributed by atoms with E-state index in [4.69, 9.17) is 0 Å². The van der Waals surface area contributed by atoms with E-state index in [0.717, 1.165) is 49.9 Å². The Labute approximate surface area is 96.6 Å². The van der Waals surface area contributed by atoms with Gasteiger partial charge in [-0.05, 0) is 42.9 Å². The van der Waals surface area contributed by atoms with Crippen molar-refractivity contribution in [3.63, 3.8) is 0 Å². The van der Waals surface area contributed by atoms with Crippen LogP contribution in [0.2, 0.25) is 0 Å². The molecule has 4 atom stereocenters. The second kappa shape index (κ2) is 3.22. The molecule has 0 spiro atoms. The van der Waals surface area contributed by atoms with Gasteiger partial charge in [0.1, 0.15) is 0 Å². The van der Waals surface area contributed by atoms with Gasteiger partial charge in [-0.1, -0.05) is 0 Å². The fourth-order valence-corrected chi connectivity index (χ4v) is 4.21. The Balaban J connectivity index is 1.41. The highest BCUT2D eigenvalue weighted by Gasteiger charge is 2.50. The van der Waals surface area contributed by atoms with E-state index < -0.39 is 0 Å². The van der Waals surface area contributed by atoms with Crippen molar-refractivity contribution in [3.8, 4) is 0 Å². The molecular formula is C13H20N2O. The largest absolute Gasteiger partial charge is 0.342 e. The van der Waals surface area contributed by atoms with Crippen LogP contribution in [0.5, 0.6) is 0 Å². The van der Waals surface area contributed by atoms with Gasteiger partial charge in [-0.3, -0.25) is 4.79 Å². The van der Waals surface area contributed by atoms with E-state index in [0.29, 0.717) is 11.8 Å². The van der Waals surface area contributed by atoms with Gasteiger partial charge in [-0.2, -0.15) is 0 Å². The van der Waals surface area contributed by atoms with Crippen molar-refractivity contribution in [3.05, 3.63) is 0 Å². The normalized spacial score (nSPS) is 49.2. The van der Waals surface area contributed by atoms with Gasteiger partial charge < -0.3 is 10.2 Å². The number of amides is 1. The topological polar surface area (TPSA) is 32.3 Å². The Bertz CT molecular complexity index is 308.